The van der Waals surface area contributed by atoms with Gasteiger partial charge in [-0.2, -0.15) is 0 Å². The number of urea groups is 1. The van der Waals surface area contributed by atoms with E-state index in [4.69, 9.17) is 14.2 Å². The van der Waals surface area contributed by atoms with Crippen LogP contribution in [0, 0.1) is 5.92 Å². The summed E-state index contributed by atoms with van der Waals surface area (Å²) in [4.78, 5) is 27.3. The Morgan fingerprint density at radius 2 is 1.76 bits per heavy atom. The Morgan fingerprint density at radius 1 is 1.09 bits per heavy atom. The van der Waals surface area contributed by atoms with Crippen LogP contribution in [0.3, 0.4) is 0 Å². The molecule has 9 nitrogen and oxygen atoms in total. The Kier molecular flexibility index (Phi) is 8.72. The van der Waals surface area contributed by atoms with Crippen molar-refractivity contribution in [2.75, 3.05) is 51.6 Å². The highest BCUT2D eigenvalue weighted by atomic mass is 16.5. The van der Waals surface area contributed by atoms with Gasteiger partial charge in [-0.1, -0.05) is 6.92 Å². The van der Waals surface area contributed by atoms with Crippen molar-refractivity contribution in [2.24, 2.45) is 5.92 Å². The molecule has 0 fully saturated rings. The van der Waals surface area contributed by atoms with Crippen LogP contribution in [0.5, 0.6) is 11.5 Å². The van der Waals surface area contributed by atoms with Gasteiger partial charge in [0.2, 0.25) is 0 Å². The van der Waals surface area contributed by atoms with Gasteiger partial charge in [0.25, 0.3) is 5.91 Å². The second-order valence-corrected chi connectivity index (χ2v) is 8.58. The van der Waals surface area contributed by atoms with E-state index in [1.807, 2.05) is 6.92 Å². The molecule has 3 N–H and O–H groups in total. The molecule has 1 heterocycles. The molecule has 1 aliphatic rings. The number of nitrogens with zero attached hydrogens (tertiary/aromatic N) is 1. The van der Waals surface area contributed by atoms with E-state index in [0.717, 1.165) is 6.54 Å². The van der Waals surface area contributed by atoms with Crippen LogP contribution in [0.4, 0.5) is 16.2 Å². The molecule has 3 rings (SSSR count). The first-order chi connectivity index (χ1) is 16.3. The van der Waals surface area contributed by atoms with E-state index in [-0.39, 0.29) is 24.0 Å². The van der Waals surface area contributed by atoms with Crippen LogP contribution in [-0.4, -0.2) is 69.9 Å². The van der Waals surface area contributed by atoms with Crippen LogP contribution >= 0.6 is 0 Å². The highest BCUT2D eigenvalue weighted by molar-refractivity contribution is 6.01. The van der Waals surface area contributed by atoms with Gasteiger partial charge in [0, 0.05) is 50.7 Å². The molecule has 34 heavy (non-hydrogen) atoms. The minimum absolute atomic E-state index is 0.0649. The highest BCUT2D eigenvalue weighted by Gasteiger charge is 2.25. The monoisotopic (exact) mass is 470 g/mol. The van der Waals surface area contributed by atoms with Gasteiger partial charge in [-0.05, 0) is 49.2 Å². The highest BCUT2D eigenvalue weighted by Crippen LogP contribution is 2.26. The third-order valence-corrected chi connectivity index (χ3v) is 5.83. The number of amides is 3. The summed E-state index contributed by atoms with van der Waals surface area (Å²) in [5, 5.41) is 9.02. The van der Waals surface area contributed by atoms with Crippen molar-refractivity contribution < 1.29 is 23.8 Å². The van der Waals surface area contributed by atoms with Crippen molar-refractivity contribution in [1.82, 2.24) is 10.2 Å². The fraction of sp³-hybridized carbons (Fsp3) is 0.440. The number of carbonyl (C=O) groups excluding carboxylic acids is 2. The van der Waals surface area contributed by atoms with E-state index in [9.17, 15) is 9.59 Å². The first-order valence-corrected chi connectivity index (χ1v) is 11.3. The van der Waals surface area contributed by atoms with Crippen LogP contribution in [-0.2, 0) is 4.74 Å². The smallest absolute Gasteiger partial charge is 0.323 e. The maximum Gasteiger partial charge on any atom is 0.323 e. The molecule has 0 aromatic heterocycles. The first-order valence-electron chi connectivity index (χ1n) is 11.3. The zero-order chi connectivity index (χ0) is 24.7. The lowest BCUT2D eigenvalue weighted by atomic mass is 10.0. The molecule has 3 atom stereocenters. The minimum atomic E-state index is -0.409. The molecule has 0 saturated heterocycles. The molecule has 1 aliphatic heterocycles. The average molecular weight is 471 g/mol. The van der Waals surface area contributed by atoms with E-state index >= 15 is 0 Å². The standard InChI is InChI=1S/C25H34N4O5/c1-16-13-26-17(2)15-34-22-12-19(8-11-21(22)24(30)29(3)14-23(16)33-5)28-25(31)27-18-6-9-20(32-4)10-7-18/h6-12,16-17,23,26H,13-15H2,1-5H3,(H2,27,28,31)/t16-,17-,23+/m1/s1. The number of likely N-dealkylation sites (N-methyl/N-ethyl adjacent to an activating group) is 1. The van der Waals surface area contributed by atoms with E-state index < -0.39 is 6.03 Å². The molecular weight excluding hydrogens is 436 g/mol. The van der Waals surface area contributed by atoms with Crippen LogP contribution in [0.15, 0.2) is 42.5 Å². The summed E-state index contributed by atoms with van der Waals surface area (Å²) in [6.07, 6.45) is -0.0972. The number of hydrogen-bond donors (Lipinski definition) is 3. The van der Waals surface area contributed by atoms with Gasteiger partial charge < -0.3 is 35.1 Å². The number of ether oxygens (including phenoxy) is 3. The lowest BCUT2D eigenvalue weighted by Gasteiger charge is -2.30. The van der Waals surface area contributed by atoms with Gasteiger partial charge in [-0.15, -0.1) is 0 Å². The van der Waals surface area contributed by atoms with E-state index in [2.05, 4.69) is 22.9 Å². The molecule has 0 spiro atoms. The molecule has 9 heteroatoms. The maximum absolute atomic E-state index is 13.2. The quantitative estimate of drug-likeness (QED) is 0.633. The number of fused-ring (bicyclic) bond motifs is 1. The summed E-state index contributed by atoms with van der Waals surface area (Å²) >= 11 is 0. The van der Waals surface area contributed by atoms with Gasteiger partial charge in [-0.25, -0.2) is 4.79 Å². The molecule has 2 aromatic carbocycles. The van der Waals surface area contributed by atoms with Crippen molar-refractivity contribution in [3.8, 4) is 11.5 Å². The largest absolute Gasteiger partial charge is 0.497 e. The summed E-state index contributed by atoms with van der Waals surface area (Å²) in [5.41, 5.74) is 1.56. The predicted octanol–water partition coefficient (Wildman–Crippen LogP) is 3.43. The maximum atomic E-state index is 13.2. The summed E-state index contributed by atoms with van der Waals surface area (Å²) in [7, 11) is 5.00. The fourth-order valence-electron chi connectivity index (χ4n) is 3.70. The summed E-state index contributed by atoms with van der Waals surface area (Å²) < 4.78 is 16.8. The predicted molar refractivity (Wildman–Crippen MR) is 132 cm³/mol. The molecule has 2 aromatic rings. The van der Waals surface area contributed by atoms with Crippen molar-refractivity contribution in [1.29, 1.82) is 0 Å². The molecule has 0 unspecified atom stereocenters. The minimum Gasteiger partial charge on any atom is -0.497 e. The number of nitrogens with one attached hydrogen (secondary N) is 3. The van der Waals surface area contributed by atoms with Crippen LogP contribution in [0.1, 0.15) is 24.2 Å². The molecule has 0 aliphatic carbocycles. The SMILES string of the molecule is COc1ccc(NC(=O)Nc2ccc3c(c2)OC[C@@H](C)NC[C@@H](C)[C@@H](OC)CN(C)C3=O)cc1. The lowest BCUT2D eigenvalue weighted by Crippen LogP contribution is -2.44. The Bertz CT molecular complexity index is 982. The molecule has 0 radical (unpaired) electrons. The number of hydrogen-bond acceptors (Lipinski definition) is 6. The molecular formula is C25H34N4O5. The summed E-state index contributed by atoms with van der Waals surface area (Å²) in [6, 6.07) is 11.7. The van der Waals surface area contributed by atoms with Gasteiger partial charge in [-0.3, -0.25) is 4.79 Å². The number of benzene rings is 2. The average Bonchev–Trinajstić information content (AvgIpc) is 2.83. The number of carbonyl (C=O) groups is 2. The molecule has 184 valence electrons. The third-order valence-electron chi connectivity index (χ3n) is 5.83. The number of rotatable bonds is 4. The molecule has 0 bridgehead atoms. The van der Waals surface area contributed by atoms with Gasteiger partial charge in [0.15, 0.2) is 0 Å². The van der Waals surface area contributed by atoms with Gasteiger partial charge in [0.1, 0.15) is 18.1 Å². The van der Waals surface area contributed by atoms with Gasteiger partial charge >= 0.3 is 6.03 Å². The van der Waals surface area contributed by atoms with Crippen LogP contribution < -0.4 is 25.4 Å². The van der Waals surface area contributed by atoms with E-state index in [0.29, 0.717) is 41.6 Å². The fourth-order valence-corrected chi connectivity index (χ4v) is 3.70. The van der Waals surface area contributed by atoms with Crippen molar-refractivity contribution in [3.63, 3.8) is 0 Å². The third kappa shape index (κ3) is 6.61. The topological polar surface area (TPSA) is 101 Å². The van der Waals surface area contributed by atoms with Gasteiger partial charge in [0.05, 0.1) is 18.8 Å². The molecule has 0 saturated carbocycles. The lowest BCUT2D eigenvalue weighted by molar-refractivity contribution is 0.0281. The Labute approximate surface area is 200 Å². The molecule has 3 amide bonds. The van der Waals surface area contributed by atoms with Crippen LogP contribution in [0.2, 0.25) is 0 Å². The second-order valence-electron chi connectivity index (χ2n) is 8.58. The van der Waals surface area contributed by atoms with Crippen molar-refractivity contribution in [2.45, 2.75) is 26.0 Å². The Hall–Kier alpha value is -3.30. The zero-order valence-corrected chi connectivity index (χ0v) is 20.4. The van der Waals surface area contributed by atoms with E-state index in [1.54, 1.807) is 68.6 Å². The zero-order valence-electron chi connectivity index (χ0n) is 20.4. The number of methoxy groups -OCH3 is 2. The second kappa shape index (κ2) is 11.7. The Balaban J connectivity index is 1.78. The van der Waals surface area contributed by atoms with E-state index in [1.165, 1.54) is 0 Å². The first kappa shape index (κ1) is 25.3. The normalized spacial score (nSPS) is 21.4. The van der Waals surface area contributed by atoms with Crippen molar-refractivity contribution >= 4 is 23.3 Å². The summed E-state index contributed by atoms with van der Waals surface area (Å²) in [5.74, 6) is 1.17. The van der Waals surface area contributed by atoms with Crippen LogP contribution in [0.25, 0.3) is 0 Å². The number of anilines is 2. The Morgan fingerprint density at radius 3 is 2.44 bits per heavy atom. The van der Waals surface area contributed by atoms with Crippen molar-refractivity contribution in [3.05, 3.63) is 48.0 Å². The summed E-state index contributed by atoms with van der Waals surface area (Å²) in [6.45, 7) is 5.69.